The second-order valence-electron chi connectivity index (χ2n) is 5.00. The number of carbonyl (C=O) groups is 1. The molecule has 1 N–H and O–H groups in total. The molecule has 2 rings (SSSR count). The molecule has 5 heteroatoms. The highest BCUT2D eigenvalue weighted by Crippen LogP contribution is 2.19. The highest BCUT2D eigenvalue weighted by molar-refractivity contribution is 9.10. The van der Waals surface area contributed by atoms with Crippen LogP contribution in [0.5, 0.6) is 0 Å². The molecule has 0 aliphatic rings. The standard InChI is InChI=1S/C15H18BrN3O/c1-11(2)14(16)15(20)18-13-7-4-3-6-12(13)10-19-9-5-8-17-19/h3-9,11,14H,10H2,1-2H3,(H,18,20). The van der Waals surface area contributed by atoms with Crippen LogP contribution in [0.25, 0.3) is 0 Å². The van der Waals surface area contributed by atoms with Crippen LogP contribution in [0.2, 0.25) is 0 Å². The number of rotatable bonds is 5. The van der Waals surface area contributed by atoms with E-state index >= 15 is 0 Å². The highest BCUT2D eigenvalue weighted by Gasteiger charge is 2.19. The van der Waals surface area contributed by atoms with Crippen molar-refractivity contribution in [1.29, 1.82) is 0 Å². The van der Waals surface area contributed by atoms with E-state index in [1.807, 2.05) is 55.1 Å². The van der Waals surface area contributed by atoms with Gasteiger partial charge in [0.1, 0.15) is 0 Å². The summed E-state index contributed by atoms with van der Waals surface area (Å²) in [7, 11) is 0. The van der Waals surface area contributed by atoms with E-state index in [1.54, 1.807) is 6.20 Å². The van der Waals surface area contributed by atoms with Crippen LogP contribution in [-0.4, -0.2) is 20.5 Å². The van der Waals surface area contributed by atoms with Crippen LogP contribution in [0, 0.1) is 5.92 Å². The van der Waals surface area contributed by atoms with Gasteiger partial charge >= 0.3 is 0 Å². The summed E-state index contributed by atoms with van der Waals surface area (Å²) in [6.45, 7) is 4.65. The molecule has 1 amide bonds. The van der Waals surface area contributed by atoms with Gasteiger partial charge in [-0.1, -0.05) is 48.0 Å². The van der Waals surface area contributed by atoms with E-state index in [0.717, 1.165) is 11.3 Å². The number of alkyl halides is 1. The van der Waals surface area contributed by atoms with Gasteiger partial charge in [-0.25, -0.2) is 0 Å². The van der Waals surface area contributed by atoms with Gasteiger partial charge in [-0.15, -0.1) is 0 Å². The molecule has 4 nitrogen and oxygen atoms in total. The molecule has 20 heavy (non-hydrogen) atoms. The van der Waals surface area contributed by atoms with Gasteiger partial charge in [-0.3, -0.25) is 9.48 Å². The van der Waals surface area contributed by atoms with Crippen LogP contribution in [0.15, 0.2) is 42.7 Å². The average molecular weight is 336 g/mol. The summed E-state index contributed by atoms with van der Waals surface area (Å²) in [4.78, 5) is 11.9. The van der Waals surface area contributed by atoms with Gasteiger partial charge < -0.3 is 5.32 Å². The molecule has 0 saturated carbocycles. The van der Waals surface area contributed by atoms with Crippen molar-refractivity contribution in [3.63, 3.8) is 0 Å². The summed E-state index contributed by atoms with van der Waals surface area (Å²) in [5.74, 6) is 0.223. The molecule has 0 saturated heterocycles. The Bertz CT molecular complexity index is 566. The smallest absolute Gasteiger partial charge is 0.238 e. The van der Waals surface area contributed by atoms with Gasteiger partial charge in [0, 0.05) is 18.1 Å². The van der Waals surface area contributed by atoms with Crippen molar-refractivity contribution >= 4 is 27.5 Å². The Labute approximate surface area is 127 Å². The minimum Gasteiger partial charge on any atom is -0.325 e. The lowest BCUT2D eigenvalue weighted by Crippen LogP contribution is -2.27. The largest absolute Gasteiger partial charge is 0.325 e. The van der Waals surface area contributed by atoms with Crippen molar-refractivity contribution in [3.05, 3.63) is 48.3 Å². The van der Waals surface area contributed by atoms with Crippen LogP contribution < -0.4 is 5.32 Å². The first-order valence-electron chi connectivity index (χ1n) is 6.58. The van der Waals surface area contributed by atoms with E-state index in [9.17, 15) is 4.79 Å². The van der Waals surface area contributed by atoms with Crippen molar-refractivity contribution in [2.45, 2.75) is 25.2 Å². The van der Waals surface area contributed by atoms with Crippen molar-refractivity contribution in [3.8, 4) is 0 Å². The Morgan fingerprint density at radius 3 is 2.75 bits per heavy atom. The van der Waals surface area contributed by atoms with Crippen LogP contribution in [0.3, 0.4) is 0 Å². The van der Waals surface area contributed by atoms with Crippen LogP contribution in [-0.2, 0) is 11.3 Å². The Morgan fingerprint density at radius 1 is 1.35 bits per heavy atom. The van der Waals surface area contributed by atoms with E-state index in [4.69, 9.17) is 0 Å². The van der Waals surface area contributed by atoms with Gasteiger partial charge in [0.05, 0.1) is 11.4 Å². The molecule has 0 radical (unpaired) electrons. The maximum absolute atomic E-state index is 12.1. The van der Waals surface area contributed by atoms with Crippen LogP contribution in [0.4, 0.5) is 5.69 Å². The van der Waals surface area contributed by atoms with Crippen LogP contribution in [0.1, 0.15) is 19.4 Å². The summed E-state index contributed by atoms with van der Waals surface area (Å²) in [5.41, 5.74) is 1.87. The number of anilines is 1. The number of hydrogen-bond donors (Lipinski definition) is 1. The van der Waals surface area contributed by atoms with Crippen LogP contribution >= 0.6 is 15.9 Å². The zero-order chi connectivity index (χ0) is 14.5. The monoisotopic (exact) mass is 335 g/mol. The molecule has 0 bridgehead atoms. The molecule has 1 unspecified atom stereocenters. The lowest BCUT2D eigenvalue weighted by atomic mass is 10.1. The van der Waals surface area contributed by atoms with Gasteiger partial charge in [0.2, 0.25) is 5.91 Å². The molecule has 0 spiro atoms. The molecule has 106 valence electrons. The zero-order valence-electron chi connectivity index (χ0n) is 11.6. The van der Waals surface area contributed by atoms with E-state index < -0.39 is 0 Å². The van der Waals surface area contributed by atoms with E-state index in [1.165, 1.54) is 0 Å². The van der Waals surface area contributed by atoms with Crippen molar-refractivity contribution in [2.75, 3.05) is 5.32 Å². The third-order valence-corrected chi connectivity index (χ3v) is 4.48. The molecule has 1 aromatic carbocycles. The quantitative estimate of drug-likeness (QED) is 0.852. The fraction of sp³-hybridized carbons (Fsp3) is 0.333. The second kappa shape index (κ2) is 6.70. The number of amides is 1. The number of nitrogens with zero attached hydrogens (tertiary/aromatic N) is 2. The van der Waals surface area contributed by atoms with Gasteiger partial charge in [0.25, 0.3) is 0 Å². The Morgan fingerprint density at radius 2 is 2.10 bits per heavy atom. The molecule has 0 aliphatic heterocycles. The topological polar surface area (TPSA) is 46.9 Å². The number of aromatic nitrogens is 2. The molecule has 1 atom stereocenters. The maximum atomic E-state index is 12.1. The fourth-order valence-electron chi connectivity index (χ4n) is 1.85. The van der Waals surface area contributed by atoms with Crippen molar-refractivity contribution in [1.82, 2.24) is 9.78 Å². The molecule has 1 heterocycles. The number of benzene rings is 1. The predicted octanol–water partition coefficient (Wildman–Crippen LogP) is 3.29. The number of nitrogens with one attached hydrogen (secondary N) is 1. The zero-order valence-corrected chi connectivity index (χ0v) is 13.2. The summed E-state index contributed by atoms with van der Waals surface area (Å²) >= 11 is 3.42. The molecule has 2 aromatic rings. The van der Waals surface area contributed by atoms with E-state index in [0.29, 0.717) is 6.54 Å². The minimum atomic E-state index is -0.194. The normalized spacial score (nSPS) is 12.4. The van der Waals surface area contributed by atoms with Gasteiger partial charge in [0.15, 0.2) is 0 Å². The lowest BCUT2D eigenvalue weighted by molar-refractivity contribution is -0.116. The Kier molecular flexibility index (Phi) is 4.95. The predicted molar refractivity (Wildman–Crippen MR) is 84.0 cm³/mol. The fourth-order valence-corrected chi connectivity index (χ4v) is 1.97. The molecular formula is C15H18BrN3O. The first-order valence-corrected chi connectivity index (χ1v) is 7.49. The number of carbonyl (C=O) groups excluding carboxylic acids is 1. The lowest BCUT2D eigenvalue weighted by Gasteiger charge is -2.16. The number of para-hydroxylation sites is 1. The second-order valence-corrected chi connectivity index (χ2v) is 5.98. The van der Waals surface area contributed by atoms with Gasteiger partial charge in [-0.05, 0) is 23.6 Å². The molecular weight excluding hydrogens is 318 g/mol. The van der Waals surface area contributed by atoms with E-state index in [2.05, 4.69) is 26.3 Å². The third kappa shape index (κ3) is 3.70. The number of halogens is 1. The highest BCUT2D eigenvalue weighted by atomic mass is 79.9. The van der Waals surface area contributed by atoms with Crippen molar-refractivity contribution in [2.24, 2.45) is 5.92 Å². The third-order valence-electron chi connectivity index (χ3n) is 3.00. The summed E-state index contributed by atoms with van der Waals surface area (Å²) < 4.78 is 1.83. The summed E-state index contributed by atoms with van der Waals surface area (Å²) in [6, 6.07) is 9.67. The molecule has 0 fully saturated rings. The van der Waals surface area contributed by atoms with Gasteiger partial charge in [-0.2, -0.15) is 5.10 Å². The maximum Gasteiger partial charge on any atom is 0.238 e. The van der Waals surface area contributed by atoms with E-state index in [-0.39, 0.29) is 16.7 Å². The number of hydrogen-bond acceptors (Lipinski definition) is 2. The molecule has 0 aliphatic carbocycles. The first-order chi connectivity index (χ1) is 9.58. The first kappa shape index (κ1) is 14.8. The Hall–Kier alpha value is -1.62. The Balaban J connectivity index is 2.14. The average Bonchev–Trinajstić information content (AvgIpc) is 2.92. The summed E-state index contributed by atoms with van der Waals surface area (Å²) in [5, 5.41) is 7.17. The molecule has 1 aromatic heterocycles. The SMILES string of the molecule is CC(C)C(Br)C(=O)Nc1ccccc1Cn1cccn1. The minimum absolute atomic E-state index is 0.0204. The summed E-state index contributed by atoms with van der Waals surface area (Å²) in [6.07, 6.45) is 3.65. The van der Waals surface area contributed by atoms with Crippen molar-refractivity contribution < 1.29 is 4.79 Å².